The molecule has 1 heterocycles. The molecule has 3 aromatic carbocycles. The van der Waals surface area contributed by atoms with Gasteiger partial charge < -0.3 is 16.0 Å². The van der Waals surface area contributed by atoms with Crippen molar-refractivity contribution in [3.05, 3.63) is 102 Å². The molecule has 9 nitrogen and oxygen atoms in total. The van der Waals surface area contributed by atoms with Crippen LogP contribution in [0, 0.1) is 5.92 Å². The van der Waals surface area contributed by atoms with Gasteiger partial charge in [-0.15, -0.1) is 0 Å². The summed E-state index contributed by atoms with van der Waals surface area (Å²) in [6, 6.07) is 22.2. The quantitative estimate of drug-likeness (QED) is 0.333. The maximum atomic E-state index is 13.4. The highest BCUT2D eigenvalue weighted by molar-refractivity contribution is 6.38. The van der Waals surface area contributed by atoms with Crippen molar-refractivity contribution in [2.45, 2.75) is 51.9 Å². The lowest BCUT2D eigenvalue weighted by Crippen LogP contribution is -2.57. The molecule has 3 aromatic rings. The number of nitrogens with zero attached hydrogens (tertiary/aromatic N) is 1. The number of carbonyl (C=O) groups excluding carboxylic acids is 5. The van der Waals surface area contributed by atoms with Crippen molar-refractivity contribution in [3.8, 4) is 0 Å². The van der Waals surface area contributed by atoms with Gasteiger partial charge in [0.2, 0.25) is 17.6 Å². The molecule has 4 amide bonds. The lowest BCUT2D eigenvalue weighted by molar-refractivity contribution is -0.141. The Morgan fingerprint density at radius 3 is 2.07 bits per heavy atom. The summed E-state index contributed by atoms with van der Waals surface area (Å²) >= 11 is 0. The van der Waals surface area contributed by atoms with Gasteiger partial charge in [0.15, 0.2) is 0 Å². The third kappa shape index (κ3) is 6.87. The molecule has 0 fully saturated rings. The zero-order chi connectivity index (χ0) is 29.5. The van der Waals surface area contributed by atoms with E-state index >= 15 is 0 Å². The van der Waals surface area contributed by atoms with Crippen molar-refractivity contribution >= 4 is 35.1 Å². The lowest BCUT2D eigenvalue weighted by Gasteiger charge is -2.27. The van der Waals surface area contributed by atoms with Gasteiger partial charge in [-0.25, -0.2) is 0 Å². The van der Waals surface area contributed by atoms with Gasteiger partial charge in [0.1, 0.15) is 12.1 Å². The number of amides is 4. The first-order valence-electron chi connectivity index (χ1n) is 13.6. The zero-order valence-corrected chi connectivity index (χ0v) is 23.3. The molecule has 0 saturated heterocycles. The van der Waals surface area contributed by atoms with Gasteiger partial charge in [-0.3, -0.25) is 28.9 Å². The molecule has 0 radical (unpaired) electrons. The predicted octanol–water partition coefficient (Wildman–Crippen LogP) is 2.79. The van der Waals surface area contributed by atoms with Crippen LogP contribution in [0.15, 0.2) is 84.9 Å². The first kappa shape index (κ1) is 29.2. The van der Waals surface area contributed by atoms with Crippen molar-refractivity contribution in [3.63, 3.8) is 0 Å². The average molecular weight is 555 g/mol. The number of Topliss-reactive ketones (excluding diaryl/α,β-unsaturated/α-hetero) is 1. The number of anilines is 1. The number of carbonyl (C=O) groups is 5. The summed E-state index contributed by atoms with van der Waals surface area (Å²) in [5.41, 5.74) is 2.77. The number of fused-ring (bicyclic) bond motifs is 1. The van der Waals surface area contributed by atoms with Gasteiger partial charge in [0, 0.05) is 24.2 Å². The molecular formula is C32H34N4O5. The minimum atomic E-state index is -1.08. The largest absolute Gasteiger partial charge is 0.345 e. The van der Waals surface area contributed by atoms with E-state index in [0.29, 0.717) is 17.7 Å². The highest BCUT2D eigenvalue weighted by atomic mass is 16.2. The Morgan fingerprint density at radius 1 is 0.805 bits per heavy atom. The van der Waals surface area contributed by atoms with E-state index in [9.17, 15) is 24.0 Å². The van der Waals surface area contributed by atoms with Crippen LogP contribution < -0.4 is 20.9 Å². The summed E-state index contributed by atoms with van der Waals surface area (Å²) < 4.78 is 0. The van der Waals surface area contributed by atoms with Crippen LogP contribution in [0.4, 0.5) is 5.69 Å². The Kier molecular flexibility index (Phi) is 9.29. The van der Waals surface area contributed by atoms with Gasteiger partial charge in [-0.05, 0) is 42.2 Å². The van der Waals surface area contributed by atoms with Gasteiger partial charge in [0.05, 0.1) is 6.04 Å². The minimum Gasteiger partial charge on any atom is -0.345 e. The first-order valence-corrected chi connectivity index (χ1v) is 13.6. The second-order valence-corrected chi connectivity index (χ2v) is 10.4. The van der Waals surface area contributed by atoms with Crippen molar-refractivity contribution in [1.82, 2.24) is 16.0 Å². The molecule has 0 spiro atoms. The smallest absolute Gasteiger partial charge is 0.289 e. The number of benzene rings is 3. The van der Waals surface area contributed by atoms with Gasteiger partial charge in [-0.1, -0.05) is 80.6 Å². The SMILES string of the molecule is CC(C)[C@H](NC(=O)[C@H](C)NC(=O)C1Cc2ccccc2N1C(=O)c1ccccc1)C(=O)C(=O)NCc1ccccc1. The molecule has 0 aliphatic carbocycles. The Hall–Kier alpha value is -4.79. The van der Waals surface area contributed by atoms with Crippen LogP contribution in [0.2, 0.25) is 0 Å². The van der Waals surface area contributed by atoms with E-state index in [2.05, 4.69) is 16.0 Å². The number of rotatable bonds is 10. The number of hydrogen-bond acceptors (Lipinski definition) is 5. The highest BCUT2D eigenvalue weighted by Crippen LogP contribution is 2.33. The first-order chi connectivity index (χ1) is 19.7. The Labute approximate surface area is 239 Å². The van der Waals surface area contributed by atoms with Crippen molar-refractivity contribution in [1.29, 1.82) is 0 Å². The molecule has 41 heavy (non-hydrogen) atoms. The molecule has 212 valence electrons. The lowest BCUT2D eigenvalue weighted by atomic mass is 9.98. The molecule has 0 bridgehead atoms. The molecule has 3 atom stereocenters. The van der Waals surface area contributed by atoms with E-state index in [1.807, 2.05) is 42.5 Å². The Balaban J connectivity index is 1.41. The highest BCUT2D eigenvalue weighted by Gasteiger charge is 2.39. The van der Waals surface area contributed by atoms with Crippen molar-refractivity contribution < 1.29 is 24.0 Å². The second-order valence-electron chi connectivity index (χ2n) is 10.4. The summed E-state index contributed by atoms with van der Waals surface area (Å²) in [5, 5.41) is 7.92. The normalized spacial score (nSPS) is 15.4. The molecule has 1 aliphatic heterocycles. The summed E-state index contributed by atoms with van der Waals surface area (Å²) in [6.45, 7) is 5.12. The third-order valence-electron chi connectivity index (χ3n) is 7.04. The molecule has 9 heteroatoms. The molecule has 0 saturated carbocycles. The van der Waals surface area contributed by atoms with Crippen LogP contribution in [0.1, 0.15) is 42.3 Å². The number of nitrogens with one attached hydrogen (secondary N) is 3. The standard InChI is InChI=1S/C32H34N4O5/c1-20(2)27(28(37)31(40)33-19-22-12-6-4-7-13-22)35-29(38)21(3)34-30(39)26-18-24-16-10-11-17-25(24)36(26)32(41)23-14-8-5-9-15-23/h4-17,20-21,26-27H,18-19H2,1-3H3,(H,33,40)(H,34,39)(H,35,38)/t21-,26?,27-/m0/s1. The monoisotopic (exact) mass is 554 g/mol. The van der Waals surface area contributed by atoms with Crippen LogP contribution >= 0.6 is 0 Å². The minimum absolute atomic E-state index is 0.179. The maximum absolute atomic E-state index is 13.4. The van der Waals surface area contributed by atoms with E-state index < -0.39 is 41.6 Å². The molecule has 0 aromatic heterocycles. The third-order valence-corrected chi connectivity index (χ3v) is 7.04. The van der Waals surface area contributed by atoms with Crippen molar-refractivity contribution in [2.75, 3.05) is 4.90 Å². The molecule has 3 N–H and O–H groups in total. The fourth-order valence-corrected chi connectivity index (χ4v) is 4.76. The molecule has 4 rings (SSSR count). The number of hydrogen-bond donors (Lipinski definition) is 3. The number of ketones is 1. The molecule has 1 aliphatic rings. The van der Waals surface area contributed by atoms with Gasteiger partial charge >= 0.3 is 0 Å². The van der Waals surface area contributed by atoms with Crippen LogP contribution in [-0.2, 0) is 32.1 Å². The Bertz CT molecular complexity index is 1420. The predicted molar refractivity (Wildman–Crippen MR) is 155 cm³/mol. The van der Waals surface area contributed by atoms with Crippen molar-refractivity contribution in [2.24, 2.45) is 5.92 Å². The van der Waals surface area contributed by atoms with E-state index in [0.717, 1.165) is 11.1 Å². The number of para-hydroxylation sites is 1. The summed E-state index contributed by atoms with van der Waals surface area (Å²) in [5.74, 6) is -3.38. The average Bonchev–Trinajstić information content (AvgIpc) is 3.38. The summed E-state index contributed by atoms with van der Waals surface area (Å²) in [6.07, 6.45) is 0.295. The molecular weight excluding hydrogens is 520 g/mol. The fourth-order valence-electron chi connectivity index (χ4n) is 4.76. The summed E-state index contributed by atoms with van der Waals surface area (Å²) in [7, 11) is 0. The van der Waals surface area contributed by atoms with Crippen LogP contribution in [0.3, 0.4) is 0 Å². The topological polar surface area (TPSA) is 125 Å². The van der Waals surface area contributed by atoms with E-state index in [1.54, 1.807) is 56.3 Å². The Morgan fingerprint density at radius 2 is 1.41 bits per heavy atom. The van der Waals surface area contributed by atoms with Crippen LogP contribution in [0.5, 0.6) is 0 Å². The van der Waals surface area contributed by atoms with E-state index in [-0.39, 0.29) is 18.4 Å². The fraction of sp³-hybridized carbons (Fsp3) is 0.281. The molecule has 1 unspecified atom stereocenters. The van der Waals surface area contributed by atoms with Crippen LogP contribution in [0.25, 0.3) is 0 Å². The van der Waals surface area contributed by atoms with Gasteiger partial charge in [0.25, 0.3) is 11.8 Å². The van der Waals surface area contributed by atoms with Crippen LogP contribution in [-0.4, -0.2) is 47.5 Å². The van der Waals surface area contributed by atoms with E-state index in [1.165, 1.54) is 11.8 Å². The summed E-state index contributed by atoms with van der Waals surface area (Å²) in [4.78, 5) is 66.9. The second kappa shape index (κ2) is 13.0. The zero-order valence-electron chi connectivity index (χ0n) is 23.3. The van der Waals surface area contributed by atoms with Gasteiger partial charge in [-0.2, -0.15) is 0 Å². The maximum Gasteiger partial charge on any atom is 0.289 e. The van der Waals surface area contributed by atoms with E-state index in [4.69, 9.17) is 0 Å².